The first kappa shape index (κ1) is 10.4. The maximum absolute atomic E-state index is 3.80. The molecule has 1 heterocycles. The Kier molecular flexibility index (Phi) is 3.13. The molecule has 1 unspecified atom stereocenters. The molecule has 1 aliphatic heterocycles. The number of hydrogen-bond acceptors (Lipinski definition) is 2. The second kappa shape index (κ2) is 4.19. The van der Waals surface area contributed by atoms with Gasteiger partial charge >= 0.3 is 0 Å². The maximum Gasteiger partial charge on any atom is 0.0252 e. The van der Waals surface area contributed by atoms with Crippen molar-refractivity contribution >= 4 is 0 Å². The van der Waals surface area contributed by atoms with E-state index in [1.807, 2.05) is 0 Å². The molecule has 1 atom stereocenters. The van der Waals surface area contributed by atoms with Gasteiger partial charge in [0.25, 0.3) is 0 Å². The number of rotatable bonds is 1. The molecule has 82 valence electrons. The van der Waals surface area contributed by atoms with E-state index in [0.29, 0.717) is 5.54 Å². The summed E-state index contributed by atoms with van der Waals surface area (Å²) in [5, 5.41) is 7.36. The summed E-state index contributed by atoms with van der Waals surface area (Å²) < 4.78 is 0. The van der Waals surface area contributed by atoms with Crippen LogP contribution in [0.25, 0.3) is 0 Å². The predicted octanol–water partition coefficient (Wildman–Crippen LogP) is 1.91. The quantitative estimate of drug-likeness (QED) is 0.669. The molecule has 0 amide bonds. The van der Waals surface area contributed by atoms with E-state index in [4.69, 9.17) is 0 Å². The van der Waals surface area contributed by atoms with Gasteiger partial charge in [-0.15, -0.1) is 0 Å². The van der Waals surface area contributed by atoms with Crippen LogP contribution in [0.4, 0.5) is 0 Å². The van der Waals surface area contributed by atoms with Gasteiger partial charge < -0.3 is 10.6 Å². The second-order valence-electron chi connectivity index (χ2n) is 5.66. The summed E-state index contributed by atoms with van der Waals surface area (Å²) in [7, 11) is 0. The Balaban J connectivity index is 1.89. The number of hydrogen-bond donors (Lipinski definition) is 2. The van der Waals surface area contributed by atoms with Gasteiger partial charge in [0.05, 0.1) is 0 Å². The second-order valence-corrected chi connectivity index (χ2v) is 5.66. The van der Waals surface area contributed by atoms with Gasteiger partial charge in [-0.1, -0.05) is 19.3 Å². The predicted molar refractivity (Wildman–Crippen MR) is 60.4 cm³/mol. The standard InChI is InChI=1S/C12H24N2/c1-12(2)9-13-8-11(14-12)10-6-4-3-5-7-10/h10-11,13-14H,3-9H2,1-2H3. The lowest BCUT2D eigenvalue weighted by Crippen LogP contribution is -2.62. The molecular weight excluding hydrogens is 172 g/mol. The fraction of sp³-hybridized carbons (Fsp3) is 1.00. The summed E-state index contributed by atoms with van der Waals surface area (Å²) >= 11 is 0. The van der Waals surface area contributed by atoms with Crippen LogP contribution in [0.3, 0.4) is 0 Å². The van der Waals surface area contributed by atoms with Crippen molar-refractivity contribution in [2.45, 2.75) is 57.5 Å². The first-order valence-electron chi connectivity index (χ1n) is 6.16. The highest BCUT2D eigenvalue weighted by molar-refractivity contribution is 4.93. The molecule has 0 radical (unpaired) electrons. The van der Waals surface area contributed by atoms with E-state index in [-0.39, 0.29) is 0 Å². The van der Waals surface area contributed by atoms with E-state index < -0.39 is 0 Å². The minimum absolute atomic E-state index is 0.292. The average Bonchev–Trinajstić information content (AvgIpc) is 2.18. The number of nitrogens with one attached hydrogen (secondary N) is 2. The molecule has 2 N–H and O–H groups in total. The van der Waals surface area contributed by atoms with E-state index in [1.54, 1.807) is 0 Å². The Morgan fingerprint density at radius 3 is 2.43 bits per heavy atom. The molecule has 2 heteroatoms. The fourth-order valence-corrected chi connectivity index (χ4v) is 2.97. The van der Waals surface area contributed by atoms with Crippen LogP contribution < -0.4 is 10.6 Å². The normalized spacial score (nSPS) is 34.3. The largest absolute Gasteiger partial charge is 0.313 e. The van der Waals surface area contributed by atoms with E-state index in [9.17, 15) is 0 Å². The first-order chi connectivity index (χ1) is 6.67. The van der Waals surface area contributed by atoms with Crippen LogP contribution >= 0.6 is 0 Å². The van der Waals surface area contributed by atoms with E-state index >= 15 is 0 Å². The third-order valence-corrected chi connectivity index (χ3v) is 3.73. The highest BCUT2D eigenvalue weighted by Crippen LogP contribution is 2.28. The van der Waals surface area contributed by atoms with Crippen molar-refractivity contribution in [3.05, 3.63) is 0 Å². The lowest BCUT2D eigenvalue weighted by atomic mass is 9.82. The topological polar surface area (TPSA) is 24.1 Å². The SMILES string of the molecule is CC1(C)CNCC(C2CCCCC2)N1. The van der Waals surface area contributed by atoms with Gasteiger partial charge in [0, 0.05) is 24.7 Å². The summed E-state index contributed by atoms with van der Waals surface area (Å²) in [6, 6.07) is 0.721. The van der Waals surface area contributed by atoms with Gasteiger partial charge in [0.1, 0.15) is 0 Å². The van der Waals surface area contributed by atoms with Crippen molar-refractivity contribution in [3.63, 3.8) is 0 Å². The van der Waals surface area contributed by atoms with Crippen LogP contribution in [0.1, 0.15) is 46.0 Å². The smallest absolute Gasteiger partial charge is 0.0252 e. The van der Waals surface area contributed by atoms with Crippen molar-refractivity contribution in [2.24, 2.45) is 5.92 Å². The van der Waals surface area contributed by atoms with Gasteiger partial charge in [-0.25, -0.2) is 0 Å². The van der Waals surface area contributed by atoms with Gasteiger partial charge in [-0.2, -0.15) is 0 Å². The lowest BCUT2D eigenvalue weighted by molar-refractivity contribution is 0.179. The number of piperazine rings is 1. The van der Waals surface area contributed by atoms with E-state index in [2.05, 4.69) is 24.5 Å². The maximum atomic E-state index is 3.80. The van der Waals surface area contributed by atoms with Gasteiger partial charge in [-0.3, -0.25) is 0 Å². The molecule has 0 aromatic heterocycles. The molecule has 2 nitrogen and oxygen atoms in total. The molecular formula is C12H24N2. The summed E-state index contributed by atoms with van der Waals surface area (Å²) in [4.78, 5) is 0. The zero-order valence-electron chi connectivity index (χ0n) is 9.60. The van der Waals surface area contributed by atoms with Crippen molar-refractivity contribution < 1.29 is 0 Å². The van der Waals surface area contributed by atoms with Crippen molar-refractivity contribution in [2.75, 3.05) is 13.1 Å². The third-order valence-electron chi connectivity index (χ3n) is 3.73. The molecule has 0 aromatic rings. The van der Waals surface area contributed by atoms with Crippen molar-refractivity contribution in [1.82, 2.24) is 10.6 Å². The summed E-state index contributed by atoms with van der Waals surface area (Å²) in [5.74, 6) is 0.927. The van der Waals surface area contributed by atoms with Crippen LogP contribution in [0.5, 0.6) is 0 Å². The molecule has 1 saturated carbocycles. The highest BCUT2D eigenvalue weighted by Gasteiger charge is 2.31. The Labute approximate surface area is 87.8 Å². The Hall–Kier alpha value is -0.0800. The molecule has 2 rings (SSSR count). The Bertz CT molecular complexity index is 183. The Morgan fingerprint density at radius 1 is 1.07 bits per heavy atom. The molecule has 0 bridgehead atoms. The van der Waals surface area contributed by atoms with Crippen LogP contribution in [-0.4, -0.2) is 24.7 Å². The van der Waals surface area contributed by atoms with Gasteiger partial charge in [0.2, 0.25) is 0 Å². The summed E-state index contributed by atoms with van der Waals surface area (Å²) in [6.45, 7) is 6.88. The van der Waals surface area contributed by atoms with Gasteiger partial charge in [0.15, 0.2) is 0 Å². The first-order valence-corrected chi connectivity index (χ1v) is 6.16. The third kappa shape index (κ3) is 2.48. The van der Waals surface area contributed by atoms with Crippen LogP contribution in [-0.2, 0) is 0 Å². The van der Waals surface area contributed by atoms with E-state index in [1.165, 1.54) is 38.6 Å². The van der Waals surface area contributed by atoms with E-state index in [0.717, 1.165) is 18.5 Å². The van der Waals surface area contributed by atoms with Gasteiger partial charge in [-0.05, 0) is 32.6 Å². The minimum atomic E-state index is 0.292. The van der Waals surface area contributed by atoms with Crippen molar-refractivity contribution in [1.29, 1.82) is 0 Å². The summed E-state index contributed by atoms with van der Waals surface area (Å²) in [6.07, 6.45) is 7.23. The minimum Gasteiger partial charge on any atom is -0.313 e. The molecule has 1 saturated heterocycles. The van der Waals surface area contributed by atoms with Crippen LogP contribution in [0, 0.1) is 5.92 Å². The van der Waals surface area contributed by atoms with Crippen LogP contribution in [0.2, 0.25) is 0 Å². The molecule has 2 aliphatic rings. The Morgan fingerprint density at radius 2 is 1.79 bits per heavy atom. The zero-order valence-corrected chi connectivity index (χ0v) is 9.60. The molecule has 0 spiro atoms. The highest BCUT2D eigenvalue weighted by atomic mass is 15.1. The fourth-order valence-electron chi connectivity index (χ4n) is 2.97. The lowest BCUT2D eigenvalue weighted by Gasteiger charge is -2.42. The van der Waals surface area contributed by atoms with Crippen molar-refractivity contribution in [3.8, 4) is 0 Å². The van der Waals surface area contributed by atoms with Crippen LogP contribution in [0.15, 0.2) is 0 Å². The average molecular weight is 196 g/mol. The molecule has 0 aromatic carbocycles. The molecule has 1 aliphatic carbocycles. The summed E-state index contributed by atoms with van der Waals surface area (Å²) in [5.41, 5.74) is 0.292. The molecule has 14 heavy (non-hydrogen) atoms. The monoisotopic (exact) mass is 196 g/mol. The zero-order chi connectivity index (χ0) is 10.0. The molecule has 2 fully saturated rings.